The first-order chi connectivity index (χ1) is 7.66. The van der Waals surface area contributed by atoms with Gasteiger partial charge in [0, 0.05) is 18.1 Å². The molecule has 0 aromatic carbocycles. The predicted molar refractivity (Wildman–Crippen MR) is 69.2 cm³/mol. The van der Waals surface area contributed by atoms with Crippen molar-refractivity contribution in [3.63, 3.8) is 0 Å². The third kappa shape index (κ3) is 2.98. The first-order valence-corrected chi connectivity index (χ1v) is 7.21. The summed E-state index contributed by atoms with van der Waals surface area (Å²) in [5.41, 5.74) is 3.82. The van der Waals surface area contributed by atoms with Crippen LogP contribution in [0.2, 0.25) is 0 Å². The van der Waals surface area contributed by atoms with Gasteiger partial charge in [0.1, 0.15) is 0 Å². The lowest BCUT2D eigenvalue weighted by molar-refractivity contribution is 0.0191. The molecule has 2 fully saturated rings. The van der Waals surface area contributed by atoms with E-state index in [4.69, 9.17) is 0 Å². The maximum absolute atomic E-state index is 3.82. The van der Waals surface area contributed by atoms with Crippen LogP contribution < -0.4 is 5.43 Å². The number of hydrogen-bond acceptors (Lipinski definition) is 2. The Morgan fingerprint density at radius 1 is 0.875 bits per heavy atom. The van der Waals surface area contributed by atoms with E-state index in [1.54, 1.807) is 0 Å². The molecule has 0 spiro atoms. The Hall–Kier alpha value is -0.0800. The average Bonchev–Trinajstić information content (AvgIpc) is 2.24. The highest BCUT2D eigenvalue weighted by Crippen LogP contribution is 2.26. The lowest BCUT2D eigenvalue weighted by atomic mass is 9.87. The SMILES string of the molecule is CC1CCCC(NN2C(C)CCCC2C)C1. The van der Waals surface area contributed by atoms with Gasteiger partial charge in [-0.25, -0.2) is 5.01 Å². The fourth-order valence-corrected chi connectivity index (χ4v) is 3.44. The smallest absolute Gasteiger partial charge is 0.0218 e. The molecule has 4 atom stereocenters. The Bertz CT molecular complexity index is 207. The fraction of sp³-hybridized carbons (Fsp3) is 1.00. The van der Waals surface area contributed by atoms with Crippen molar-refractivity contribution in [3.8, 4) is 0 Å². The minimum absolute atomic E-state index is 0.723. The van der Waals surface area contributed by atoms with Crippen LogP contribution in [0.4, 0.5) is 0 Å². The van der Waals surface area contributed by atoms with Crippen molar-refractivity contribution in [2.75, 3.05) is 0 Å². The average molecular weight is 224 g/mol. The van der Waals surface area contributed by atoms with Crippen LogP contribution in [-0.2, 0) is 0 Å². The molecule has 1 heterocycles. The monoisotopic (exact) mass is 224 g/mol. The summed E-state index contributed by atoms with van der Waals surface area (Å²) in [6, 6.07) is 2.19. The summed E-state index contributed by atoms with van der Waals surface area (Å²) in [7, 11) is 0. The summed E-state index contributed by atoms with van der Waals surface area (Å²) < 4.78 is 0. The molecule has 1 saturated carbocycles. The lowest BCUT2D eigenvalue weighted by Gasteiger charge is -2.42. The minimum Gasteiger partial charge on any atom is -0.252 e. The number of piperidine rings is 1. The van der Waals surface area contributed by atoms with Gasteiger partial charge in [-0.1, -0.05) is 26.2 Å². The fourth-order valence-electron chi connectivity index (χ4n) is 3.44. The van der Waals surface area contributed by atoms with Gasteiger partial charge in [0.2, 0.25) is 0 Å². The van der Waals surface area contributed by atoms with E-state index in [1.807, 2.05) is 0 Å². The highest BCUT2D eigenvalue weighted by molar-refractivity contribution is 4.81. The van der Waals surface area contributed by atoms with E-state index >= 15 is 0 Å². The predicted octanol–water partition coefficient (Wildman–Crippen LogP) is 3.33. The highest BCUT2D eigenvalue weighted by Gasteiger charge is 2.28. The normalized spacial score (nSPS) is 42.2. The van der Waals surface area contributed by atoms with Crippen molar-refractivity contribution in [3.05, 3.63) is 0 Å². The molecule has 2 nitrogen and oxygen atoms in total. The first kappa shape index (κ1) is 12.4. The Balaban J connectivity index is 1.86. The van der Waals surface area contributed by atoms with Crippen LogP contribution in [0.25, 0.3) is 0 Å². The van der Waals surface area contributed by atoms with Crippen molar-refractivity contribution >= 4 is 0 Å². The van der Waals surface area contributed by atoms with Gasteiger partial charge in [-0.05, 0) is 45.4 Å². The summed E-state index contributed by atoms with van der Waals surface area (Å²) in [4.78, 5) is 0. The van der Waals surface area contributed by atoms with Crippen molar-refractivity contribution < 1.29 is 0 Å². The van der Waals surface area contributed by atoms with Crippen LogP contribution in [0.5, 0.6) is 0 Å². The zero-order chi connectivity index (χ0) is 11.5. The molecule has 1 aliphatic heterocycles. The molecule has 2 rings (SSSR count). The molecule has 94 valence electrons. The van der Waals surface area contributed by atoms with E-state index < -0.39 is 0 Å². The number of hydrogen-bond donors (Lipinski definition) is 1. The van der Waals surface area contributed by atoms with Crippen molar-refractivity contribution in [1.29, 1.82) is 0 Å². The van der Waals surface area contributed by atoms with Crippen LogP contribution in [0.15, 0.2) is 0 Å². The second kappa shape index (κ2) is 5.50. The summed E-state index contributed by atoms with van der Waals surface area (Å²) in [5, 5.41) is 2.55. The van der Waals surface area contributed by atoms with E-state index in [2.05, 4.69) is 31.2 Å². The van der Waals surface area contributed by atoms with Crippen molar-refractivity contribution in [2.45, 2.75) is 83.8 Å². The van der Waals surface area contributed by atoms with Gasteiger partial charge in [0.05, 0.1) is 0 Å². The minimum atomic E-state index is 0.723. The van der Waals surface area contributed by atoms with Gasteiger partial charge >= 0.3 is 0 Å². The van der Waals surface area contributed by atoms with Crippen LogP contribution in [0, 0.1) is 5.92 Å². The van der Waals surface area contributed by atoms with Gasteiger partial charge in [-0.2, -0.15) is 0 Å². The number of nitrogens with one attached hydrogen (secondary N) is 1. The van der Waals surface area contributed by atoms with Gasteiger partial charge < -0.3 is 0 Å². The molecule has 0 bridgehead atoms. The van der Waals surface area contributed by atoms with Gasteiger partial charge in [0.25, 0.3) is 0 Å². The molecular formula is C14H28N2. The topological polar surface area (TPSA) is 15.3 Å². The molecule has 16 heavy (non-hydrogen) atoms. The van der Waals surface area contributed by atoms with E-state index in [0.717, 1.165) is 24.0 Å². The Morgan fingerprint density at radius 3 is 2.12 bits per heavy atom. The molecule has 1 aliphatic carbocycles. The maximum atomic E-state index is 3.82. The van der Waals surface area contributed by atoms with E-state index in [-0.39, 0.29) is 0 Å². The van der Waals surface area contributed by atoms with E-state index in [0.29, 0.717) is 0 Å². The maximum Gasteiger partial charge on any atom is 0.0218 e. The van der Waals surface area contributed by atoms with Crippen molar-refractivity contribution in [2.24, 2.45) is 5.92 Å². The largest absolute Gasteiger partial charge is 0.252 e. The molecule has 0 aromatic rings. The zero-order valence-electron chi connectivity index (χ0n) is 11.2. The molecule has 0 amide bonds. The summed E-state index contributed by atoms with van der Waals surface area (Å²) in [5.74, 6) is 0.918. The molecule has 0 aromatic heterocycles. The zero-order valence-corrected chi connectivity index (χ0v) is 11.2. The number of hydrazine groups is 1. The van der Waals surface area contributed by atoms with Crippen LogP contribution in [0.1, 0.15) is 65.7 Å². The third-order valence-corrected chi connectivity index (χ3v) is 4.46. The Kier molecular flexibility index (Phi) is 4.26. The summed E-state index contributed by atoms with van der Waals surface area (Å²) in [6.07, 6.45) is 9.72. The molecule has 1 saturated heterocycles. The standard InChI is InChI=1S/C14H28N2/c1-11-6-4-9-14(10-11)15-16-12(2)7-5-8-13(16)3/h11-15H,4-10H2,1-3H3. The van der Waals surface area contributed by atoms with E-state index in [1.165, 1.54) is 44.9 Å². The Morgan fingerprint density at radius 2 is 1.50 bits per heavy atom. The molecule has 2 heteroatoms. The molecule has 2 aliphatic rings. The van der Waals surface area contributed by atoms with Crippen molar-refractivity contribution in [1.82, 2.24) is 10.4 Å². The van der Waals surface area contributed by atoms with Crippen LogP contribution in [0.3, 0.4) is 0 Å². The highest BCUT2D eigenvalue weighted by atomic mass is 15.5. The first-order valence-electron chi connectivity index (χ1n) is 7.21. The number of nitrogens with zero attached hydrogens (tertiary/aromatic N) is 1. The lowest BCUT2D eigenvalue weighted by Crippen LogP contribution is -2.56. The number of rotatable bonds is 2. The molecule has 1 N–H and O–H groups in total. The van der Waals surface area contributed by atoms with Crippen LogP contribution >= 0.6 is 0 Å². The molecule has 4 unspecified atom stereocenters. The second-order valence-electron chi connectivity index (χ2n) is 6.13. The van der Waals surface area contributed by atoms with Crippen LogP contribution in [-0.4, -0.2) is 23.1 Å². The van der Waals surface area contributed by atoms with Gasteiger partial charge in [-0.3, -0.25) is 5.43 Å². The quantitative estimate of drug-likeness (QED) is 0.774. The summed E-state index contributed by atoms with van der Waals surface area (Å²) >= 11 is 0. The van der Waals surface area contributed by atoms with Gasteiger partial charge in [0.15, 0.2) is 0 Å². The van der Waals surface area contributed by atoms with Gasteiger partial charge in [-0.15, -0.1) is 0 Å². The second-order valence-corrected chi connectivity index (χ2v) is 6.13. The summed E-state index contributed by atoms with van der Waals surface area (Å²) in [6.45, 7) is 7.14. The Labute approximate surface area is 101 Å². The molecular weight excluding hydrogens is 196 g/mol. The molecule has 0 radical (unpaired) electrons. The van der Waals surface area contributed by atoms with E-state index in [9.17, 15) is 0 Å². The third-order valence-electron chi connectivity index (χ3n) is 4.46.